The molecule has 0 radical (unpaired) electrons. The fourth-order valence-electron chi connectivity index (χ4n) is 3.56. The Morgan fingerprint density at radius 1 is 1.22 bits per heavy atom. The number of rotatable bonds is 5. The van der Waals surface area contributed by atoms with Crippen molar-refractivity contribution in [3.8, 4) is 0 Å². The Hall–Kier alpha value is -1.20. The van der Waals surface area contributed by atoms with Gasteiger partial charge in [-0.3, -0.25) is 9.36 Å². The third-order valence-corrected chi connectivity index (χ3v) is 6.65. The van der Waals surface area contributed by atoms with Crippen LogP contribution in [0.1, 0.15) is 19.3 Å². The monoisotopic (exact) mass is 339 g/mol. The number of hydrogen-bond acceptors (Lipinski definition) is 6. The zero-order valence-corrected chi connectivity index (χ0v) is 14.2. The van der Waals surface area contributed by atoms with Gasteiger partial charge >= 0.3 is 13.6 Å². The lowest BCUT2D eigenvalue weighted by atomic mass is 9.89. The standard InChI is InChI=1S/C16H22NO5P/c1-20-16(18)15-13-9-8-11(17-13)10-14(15)22-23(19,21-2)12-6-4-3-5-7-12/h3-7,11,13-15,17H,8-10H2,1-2H3/t11?,13?,14?,15-,23?/m1/s1. The minimum absolute atomic E-state index is 0.00674. The quantitative estimate of drug-likeness (QED) is 0.652. The number of benzene rings is 1. The largest absolute Gasteiger partial charge is 0.469 e. The van der Waals surface area contributed by atoms with Crippen LogP contribution >= 0.6 is 7.60 Å². The molecule has 2 aliphatic rings. The van der Waals surface area contributed by atoms with Crippen molar-refractivity contribution in [1.82, 2.24) is 5.32 Å². The van der Waals surface area contributed by atoms with Crippen LogP contribution in [0.3, 0.4) is 0 Å². The first-order chi connectivity index (χ1) is 11.1. The highest BCUT2D eigenvalue weighted by molar-refractivity contribution is 7.62. The molecule has 2 aliphatic heterocycles. The summed E-state index contributed by atoms with van der Waals surface area (Å²) in [6, 6.07) is 9.13. The number of piperidine rings is 1. The lowest BCUT2D eigenvalue weighted by Crippen LogP contribution is -2.52. The molecule has 23 heavy (non-hydrogen) atoms. The van der Waals surface area contributed by atoms with Crippen molar-refractivity contribution in [2.45, 2.75) is 37.5 Å². The van der Waals surface area contributed by atoms with Crippen LogP contribution in [0.25, 0.3) is 0 Å². The van der Waals surface area contributed by atoms with Crippen LogP contribution < -0.4 is 10.6 Å². The smallest absolute Gasteiger partial charge is 0.361 e. The molecule has 6 nitrogen and oxygen atoms in total. The van der Waals surface area contributed by atoms with E-state index in [1.807, 2.05) is 6.07 Å². The van der Waals surface area contributed by atoms with Crippen LogP contribution in [0.4, 0.5) is 0 Å². The van der Waals surface area contributed by atoms with Crippen LogP contribution in [-0.2, 0) is 23.1 Å². The molecule has 7 heteroatoms. The molecule has 2 fully saturated rings. The minimum Gasteiger partial charge on any atom is -0.469 e. The number of ether oxygens (including phenoxy) is 1. The van der Waals surface area contributed by atoms with E-state index < -0.39 is 19.6 Å². The maximum Gasteiger partial charge on any atom is 0.361 e. The van der Waals surface area contributed by atoms with Crippen LogP contribution in [0.15, 0.2) is 30.3 Å². The van der Waals surface area contributed by atoms with E-state index >= 15 is 0 Å². The lowest BCUT2D eigenvalue weighted by Gasteiger charge is -2.36. The second kappa shape index (κ2) is 6.73. The Kier molecular flexibility index (Phi) is 4.87. The van der Waals surface area contributed by atoms with E-state index in [-0.39, 0.29) is 18.1 Å². The summed E-state index contributed by atoms with van der Waals surface area (Å²) in [5.74, 6) is -0.797. The Labute approximate surface area is 136 Å². The molecule has 126 valence electrons. The van der Waals surface area contributed by atoms with E-state index in [1.54, 1.807) is 24.3 Å². The molecule has 0 spiro atoms. The van der Waals surface area contributed by atoms with Gasteiger partial charge in [0, 0.05) is 19.2 Å². The van der Waals surface area contributed by atoms with E-state index in [0.717, 1.165) is 12.8 Å². The Balaban J connectivity index is 1.86. The third kappa shape index (κ3) is 3.22. The molecular weight excluding hydrogens is 317 g/mol. The second-order valence-corrected chi connectivity index (χ2v) is 8.08. The first-order valence-corrected chi connectivity index (χ1v) is 9.35. The van der Waals surface area contributed by atoms with Crippen molar-refractivity contribution in [2.75, 3.05) is 14.2 Å². The highest BCUT2D eigenvalue weighted by Crippen LogP contribution is 2.50. The molecule has 0 aromatic heterocycles. The zero-order chi connectivity index (χ0) is 16.4. The second-order valence-electron chi connectivity index (χ2n) is 5.99. The van der Waals surface area contributed by atoms with E-state index in [0.29, 0.717) is 11.7 Å². The van der Waals surface area contributed by atoms with Crippen molar-refractivity contribution in [3.05, 3.63) is 30.3 Å². The van der Waals surface area contributed by atoms with Gasteiger partial charge in [0.15, 0.2) is 0 Å². The van der Waals surface area contributed by atoms with Gasteiger partial charge in [-0.05, 0) is 31.4 Å². The normalized spacial score (nSPS) is 32.3. The fraction of sp³-hybridized carbons (Fsp3) is 0.562. The predicted molar refractivity (Wildman–Crippen MR) is 85.6 cm³/mol. The average molecular weight is 339 g/mol. The van der Waals surface area contributed by atoms with Crippen LogP contribution in [0, 0.1) is 5.92 Å². The predicted octanol–water partition coefficient (Wildman–Crippen LogP) is 1.85. The van der Waals surface area contributed by atoms with E-state index in [9.17, 15) is 9.36 Å². The van der Waals surface area contributed by atoms with Gasteiger partial charge in [-0.1, -0.05) is 18.2 Å². The summed E-state index contributed by atoms with van der Waals surface area (Å²) in [6.45, 7) is 0. The average Bonchev–Trinajstić information content (AvgIpc) is 2.96. The van der Waals surface area contributed by atoms with Crippen molar-refractivity contribution < 1.29 is 23.1 Å². The summed E-state index contributed by atoms with van der Waals surface area (Å²) in [4.78, 5) is 12.2. The number of esters is 1. The molecule has 3 rings (SSSR count). The number of nitrogens with one attached hydrogen (secondary N) is 1. The van der Waals surface area contributed by atoms with Gasteiger partial charge in [0.05, 0.1) is 24.4 Å². The number of fused-ring (bicyclic) bond motifs is 2. The molecule has 2 saturated heterocycles. The van der Waals surface area contributed by atoms with E-state index in [4.69, 9.17) is 13.8 Å². The lowest BCUT2D eigenvalue weighted by molar-refractivity contribution is -0.151. The van der Waals surface area contributed by atoms with Crippen LogP contribution in [-0.4, -0.2) is 38.4 Å². The van der Waals surface area contributed by atoms with Gasteiger partial charge in [-0.25, -0.2) is 0 Å². The number of carbonyl (C=O) groups is 1. The highest BCUT2D eigenvalue weighted by atomic mass is 31.2. The third-order valence-electron chi connectivity index (χ3n) is 4.69. The summed E-state index contributed by atoms with van der Waals surface area (Å²) in [7, 11) is -0.729. The first-order valence-electron chi connectivity index (χ1n) is 7.81. The summed E-state index contributed by atoms with van der Waals surface area (Å²) >= 11 is 0. The van der Waals surface area contributed by atoms with Gasteiger partial charge < -0.3 is 19.1 Å². The molecule has 0 aliphatic carbocycles. The Morgan fingerprint density at radius 2 is 1.96 bits per heavy atom. The summed E-state index contributed by atoms with van der Waals surface area (Å²) in [6.07, 6.45) is 2.02. The van der Waals surface area contributed by atoms with Gasteiger partial charge in [-0.2, -0.15) is 0 Å². The van der Waals surface area contributed by atoms with E-state index in [2.05, 4.69) is 5.32 Å². The summed E-state index contributed by atoms with van der Waals surface area (Å²) in [5, 5.41) is 3.92. The van der Waals surface area contributed by atoms with Crippen molar-refractivity contribution in [3.63, 3.8) is 0 Å². The van der Waals surface area contributed by atoms with Crippen LogP contribution in [0.5, 0.6) is 0 Å². The number of methoxy groups -OCH3 is 1. The molecule has 1 aromatic rings. The zero-order valence-electron chi connectivity index (χ0n) is 13.3. The Bertz CT molecular complexity index is 608. The molecular formula is C16H22NO5P. The fourth-order valence-corrected chi connectivity index (χ4v) is 5.09. The molecule has 1 N–H and O–H groups in total. The Morgan fingerprint density at radius 3 is 2.61 bits per heavy atom. The topological polar surface area (TPSA) is 73.9 Å². The molecule has 2 heterocycles. The molecule has 0 saturated carbocycles. The summed E-state index contributed by atoms with van der Waals surface area (Å²) in [5.41, 5.74) is 0. The summed E-state index contributed by atoms with van der Waals surface area (Å²) < 4.78 is 29.2. The minimum atomic E-state index is -3.47. The van der Waals surface area contributed by atoms with Crippen LogP contribution in [0.2, 0.25) is 0 Å². The molecule has 1 aromatic carbocycles. The molecule has 0 amide bonds. The van der Waals surface area contributed by atoms with Crippen molar-refractivity contribution in [1.29, 1.82) is 0 Å². The van der Waals surface area contributed by atoms with Crippen molar-refractivity contribution >= 4 is 18.9 Å². The van der Waals surface area contributed by atoms with E-state index in [1.165, 1.54) is 14.2 Å². The first kappa shape index (κ1) is 16.7. The number of carbonyl (C=O) groups excluding carboxylic acids is 1. The molecule has 4 unspecified atom stereocenters. The van der Waals surface area contributed by atoms with Gasteiger partial charge in [0.25, 0.3) is 0 Å². The number of hydrogen-bond donors (Lipinski definition) is 1. The van der Waals surface area contributed by atoms with Crippen molar-refractivity contribution in [2.24, 2.45) is 5.92 Å². The molecule has 5 atom stereocenters. The molecule has 2 bridgehead atoms. The van der Waals surface area contributed by atoms with Gasteiger partial charge in [-0.15, -0.1) is 0 Å². The van der Waals surface area contributed by atoms with Gasteiger partial charge in [0.2, 0.25) is 0 Å². The highest BCUT2D eigenvalue weighted by Gasteiger charge is 2.49. The maximum absolute atomic E-state index is 13.1. The maximum atomic E-state index is 13.1. The SMILES string of the molecule is COC(=O)[C@@H]1C2CCC(CC1OP(=O)(OC)c1ccccc1)N2. The van der Waals surface area contributed by atoms with Gasteiger partial charge in [0.1, 0.15) is 0 Å².